The van der Waals surface area contributed by atoms with Crippen LogP contribution in [0, 0.1) is 0 Å². The summed E-state index contributed by atoms with van der Waals surface area (Å²) in [7, 11) is 0. The third-order valence-electron chi connectivity index (χ3n) is 5.55. The van der Waals surface area contributed by atoms with E-state index in [4.69, 9.17) is 4.74 Å². The van der Waals surface area contributed by atoms with Crippen LogP contribution in [0.5, 0.6) is 0 Å². The summed E-state index contributed by atoms with van der Waals surface area (Å²) in [6.07, 6.45) is 2.28. The third-order valence-corrected chi connectivity index (χ3v) is 6.53. The van der Waals surface area contributed by atoms with Gasteiger partial charge in [0.2, 0.25) is 5.91 Å². The van der Waals surface area contributed by atoms with Crippen molar-refractivity contribution in [2.24, 2.45) is 0 Å². The molecule has 2 aliphatic rings. The second kappa shape index (κ2) is 8.42. The minimum absolute atomic E-state index is 0.0672. The number of ether oxygens (including phenoxy) is 1. The van der Waals surface area contributed by atoms with Gasteiger partial charge in [0.15, 0.2) is 0 Å². The van der Waals surface area contributed by atoms with Crippen molar-refractivity contribution >= 4 is 28.6 Å². The first-order chi connectivity index (χ1) is 13.2. The molecule has 4 rings (SSSR count). The fraction of sp³-hybridized carbons (Fsp3) is 0.476. The Morgan fingerprint density at radius 3 is 2.67 bits per heavy atom. The molecule has 1 aromatic carbocycles. The van der Waals surface area contributed by atoms with Gasteiger partial charge in [-0.1, -0.05) is 6.07 Å². The Bertz CT molecular complexity index is 741. The molecule has 0 radical (unpaired) electrons. The van der Waals surface area contributed by atoms with Gasteiger partial charge in [-0.15, -0.1) is 11.3 Å². The zero-order valence-electron chi connectivity index (χ0n) is 15.8. The number of hydrogen-bond acceptors (Lipinski definition) is 5. The molecule has 2 atom stereocenters. The van der Waals surface area contributed by atoms with Gasteiger partial charge in [0, 0.05) is 35.4 Å². The van der Waals surface area contributed by atoms with Gasteiger partial charge < -0.3 is 15.0 Å². The number of nitrogens with zero attached hydrogens (tertiary/aromatic N) is 2. The summed E-state index contributed by atoms with van der Waals surface area (Å²) in [5.74, 6) is 0.0672. The van der Waals surface area contributed by atoms with Crippen LogP contribution < -0.4 is 10.2 Å². The third kappa shape index (κ3) is 4.18. The van der Waals surface area contributed by atoms with E-state index in [0.29, 0.717) is 6.04 Å². The quantitative estimate of drug-likeness (QED) is 0.851. The predicted molar refractivity (Wildman–Crippen MR) is 111 cm³/mol. The summed E-state index contributed by atoms with van der Waals surface area (Å²) >= 11 is 1.79. The first kappa shape index (κ1) is 18.5. The van der Waals surface area contributed by atoms with Crippen LogP contribution in [-0.2, 0) is 9.53 Å². The number of morpholine rings is 1. The molecule has 0 aliphatic carbocycles. The van der Waals surface area contributed by atoms with E-state index in [1.165, 1.54) is 10.6 Å². The molecule has 2 fully saturated rings. The first-order valence-corrected chi connectivity index (χ1v) is 10.6. The van der Waals surface area contributed by atoms with E-state index >= 15 is 0 Å². The standard InChI is InChI=1S/C21H27N3O2S/c1-16(24-10-2-4-19(24)20-5-3-15-27-20)21(25)22-17-6-8-18(9-7-17)23-11-13-26-14-12-23/h3,5-9,15-16,19H,2,4,10-14H2,1H3,(H,22,25)/t16-,19+/m0/s1. The maximum Gasteiger partial charge on any atom is 0.241 e. The summed E-state index contributed by atoms with van der Waals surface area (Å²) in [4.78, 5) is 18.8. The zero-order chi connectivity index (χ0) is 18.6. The van der Waals surface area contributed by atoms with E-state index in [0.717, 1.165) is 51.4 Å². The lowest BCUT2D eigenvalue weighted by molar-refractivity contribution is -0.121. The lowest BCUT2D eigenvalue weighted by Crippen LogP contribution is -2.41. The molecule has 1 aromatic heterocycles. The van der Waals surface area contributed by atoms with Gasteiger partial charge in [-0.3, -0.25) is 9.69 Å². The molecule has 0 spiro atoms. The Labute approximate surface area is 164 Å². The van der Waals surface area contributed by atoms with E-state index in [9.17, 15) is 4.79 Å². The van der Waals surface area contributed by atoms with Crippen molar-refractivity contribution < 1.29 is 9.53 Å². The molecule has 0 unspecified atom stereocenters. The topological polar surface area (TPSA) is 44.8 Å². The molecule has 1 N–H and O–H groups in total. The largest absolute Gasteiger partial charge is 0.378 e. The SMILES string of the molecule is C[C@@H](C(=O)Nc1ccc(N2CCOCC2)cc1)N1CCC[C@@H]1c1cccs1. The highest BCUT2D eigenvalue weighted by molar-refractivity contribution is 7.10. The normalized spacial score (nSPS) is 22.0. The molecule has 2 saturated heterocycles. The number of thiophene rings is 1. The van der Waals surface area contributed by atoms with Crippen LogP contribution in [0.15, 0.2) is 41.8 Å². The average Bonchev–Trinajstić information content (AvgIpc) is 3.40. The molecule has 0 saturated carbocycles. The molecule has 0 bridgehead atoms. The van der Waals surface area contributed by atoms with Gasteiger partial charge in [0.25, 0.3) is 0 Å². The molecular weight excluding hydrogens is 358 g/mol. The summed E-state index contributed by atoms with van der Waals surface area (Å²) in [6.45, 7) is 6.38. The van der Waals surface area contributed by atoms with Crippen molar-refractivity contribution in [3.8, 4) is 0 Å². The lowest BCUT2D eigenvalue weighted by atomic mass is 10.1. The Hall–Kier alpha value is -1.89. The molecule has 144 valence electrons. The van der Waals surface area contributed by atoms with Crippen LogP contribution >= 0.6 is 11.3 Å². The summed E-state index contributed by atoms with van der Waals surface area (Å²) in [5.41, 5.74) is 2.04. The van der Waals surface area contributed by atoms with Gasteiger partial charge in [0.1, 0.15) is 0 Å². The number of benzene rings is 1. The van der Waals surface area contributed by atoms with Gasteiger partial charge >= 0.3 is 0 Å². The molecule has 6 heteroatoms. The van der Waals surface area contributed by atoms with Gasteiger partial charge in [-0.25, -0.2) is 0 Å². The van der Waals surface area contributed by atoms with Crippen molar-refractivity contribution in [1.82, 2.24) is 4.90 Å². The highest BCUT2D eigenvalue weighted by Gasteiger charge is 2.33. The molecule has 27 heavy (non-hydrogen) atoms. The van der Waals surface area contributed by atoms with Crippen LogP contribution in [0.25, 0.3) is 0 Å². The maximum absolute atomic E-state index is 12.8. The number of carbonyl (C=O) groups is 1. The monoisotopic (exact) mass is 385 g/mol. The molecule has 2 aromatic rings. The van der Waals surface area contributed by atoms with E-state index in [1.807, 2.05) is 19.1 Å². The van der Waals surface area contributed by atoms with Crippen LogP contribution in [0.2, 0.25) is 0 Å². The van der Waals surface area contributed by atoms with Gasteiger partial charge in [-0.2, -0.15) is 0 Å². The van der Waals surface area contributed by atoms with Crippen LogP contribution in [-0.4, -0.2) is 49.7 Å². The predicted octanol–water partition coefficient (Wildman–Crippen LogP) is 3.75. The van der Waals surface area contributed by atoms with E-state index in [-0.39, 0.29) is 11.9 Å². The molecule has 2 aliphatic heterocycles. The van der Waals surface area contributed by atoms with Crippen molar-refractivity contribution in [2.75, 3.05) is 43.1 Å². The van der Waals surface area contributed by atoms with E-state index < -0.39 is 0 Å². The Kier molecular flexibility index (Phi) is 5.76. The van der Waals surface area contributed by atoms with Gasteiger partial charge in [-0.05, 0) is 62.0 Å². The minimum Gasteiger partial charge on any atom is -0.378 e. The highest BCUT2D eigenvalue weighted by atomic mass is 32.1. The lowest BCUT2D eigenvalue weighted by Gasteiger charge is -2.30. The number of carbonyl (C=O) groups excluding carboxylic acids is 1. The Balaban J connectivity index is 1.38. The molecule has 5 nitrogen and oxygen atoms in total. The van der Waals surface area contributed by atoms with E-state index in [2.05, 4.69) is 44.8 Å². The van der Waals surface area contributed by atoms with Crippen molar-refractivity contribution in [3.05, 3.63) is 46.7 Å². The number of amides is 1. The number of rotatable bonds is 5. The smallest absolute Gasteiger partial charge is 0.241 e. The Morgan fingerprint density at radius 2 is 1.96 bits per heavy atom. The first-order valence-electron chi connectivity index (χ1n) is 9.75. The number of nitrogens with one attached hydrogen (secondary N) is 1. The van der Waals surface area contributed by atoms with Crippen molar-refractivity contribution in [2.45, 2.75) is 31.8 Å². The van der Waals surface area contributed by atoms with Crippen LogP contribution in [0.3, 0.4) is 0 Å². The maximum atomic E-state index is 12.8. The second-order valence-corrected chi connectivity index (χ2v) is 8.20. The fourth-order valence-electron chi connectivity index (χ4n) is 4.01. The van der Waals surface area contributed by atoms with Crippen LogP contribution in [0.1, 0.15) is 30.7 Å². The number of likely N-dealkylation sites (tertiary alicyclic amines) is 1. The van der Waals surface area contributed by atoms with Crippen molar-refractivity contribution in [1.29, 1.82) is 0 Å². The van der Waals surface area contributed by atoms with Crippen molar-refractivity contribution in [3.63, 3.8) is 0 Å². The fourth-order valence-corrected chi connectivity index (χ4v) is 4.90. The molecule has 1 amide bonds. The molecular formula is C21H27N3O2S. The van der Waals surface area contributed by atoms with Crippen LogP contribution in [0.4, 0.5) is 11.4 Å². The zero-order valence-corrected chi connectivity index (χ0v) is 16.6. The average molecular weight is 386 g/mol. The summed E-state index contributed by atoms with van der Waals surface area (Å²) in [5, 5.41) is 5.21. The second-order valence-electron chi connectivity index (χ2n) is 7.22. The summed E-state index contributed by atoms with van der Waals surface area (Å²) < 4.78 is 5.41. The number of anilines is 2. The molecule has 3 heterocycles. The highest BCUT2D eigenvalue weighted by Crippen LogP contribution is 2.36. The Morgan fingerprint density at radius 1 is 1.19 bits per heavy atom. The van der Waals surface area contributed by atoms with Gasteiger partial charge in [0.05, 0.1) is 19.3 Å². The minimum atomic E-state index is -0.140. The number of hydrogen-bond donors (Lipinski definition) is 1. The van der Waals surface area contributed by atoms with E-state index in [1.54, 1.807) is 11.3 Å². The summed E-state index contributed by atoms with van der Waals surface area (Å²) in [6, 6.07) is 12.7.